The average Bonchev–Trinajstić information content (AvgIpc) is 2.68. The molecule has 3 rings (SSSR count). The lowest BCUT2D eigenvalue weighted by atomic mass is 9.93. The third-order valence-corrected chi connectivity index (χ3v) is 6.47. The smallest absolute Gasteiger partial charge is 0.243 e. The second-order valence-electron chi connectivity index (χ2n) is 6.45. The molecule has 1 heterocycles. The van der Waals surface area contributed by atoms with Crippen LogP contribution in [0, 0.1) is 12.8 Å². The Bertz CT molecular complexity index is 873. The normalized spacial score (nSPS) is 19.3. The summed E-state index contributed by atoms with van der Waals surface area (Å²) in [6, 6.07) is 14.0. The Morgan fingerprint density at radius 2 is 1.77 bits per heavy atom. The Hall–Kier alpha value is -2.15. The fraction of sp³-hybridized carbons (Fsp3) is 0.300. The molecule has 0 aromatic heterocycles. The molecule has 26 heavy (non-hydrogen) atoms. The van der Waals surface area contributed by atoms with Gasteiger partial charge in [0.25, 0.3) is 0 Å². The SMILES string of the molecule is COc1ccc([C@H](O)[C@H]2C=CCN(S(=O)(=O)c3ccc(C)cc3)C2)cc1. The van der Waals surface area contributed by atoms with E-state index < -0.39 is 16.1 Å². The number of aliphatic hydroxyl groups excluding tert-OH is 1. The zero-order chi connectivity index (χ0) is 18.7. The number of sulfonamides is 1. The van der Waals surface area contributed by atoms with E-state index in [1.54, 1.807) is 61.7 Å². The second kappa shape index (κ2) is 7.61. The molecule has 1 aliphatic rings. The van der Waals surface area contributed by atoms with Crippen LogP contribution >= 0.6 is 0 Å². The van der Waals surface area contributed by atoms with Crippen LogP contribution in [-0.2, 0) is 10.0 Å². The van der Waals surface area contributed by atoms with Crippen LogP contribution in [0.2, 0.25) is 0 Å². The van der Waals surface area contributed by atoms with Gasteiger partial charge in [-0.3, -0.25) is 0 Å². The number of methoxy groups -OCH3 is 1. The lowest BCUT2D eigenvalue weighted by Crippen LogP contribution is -2.39. The predicted octanol–water partition coefficient (Wildman–Crippen LogP) is 2.91. The summed E-state index contributed by atoms with van der Waals surface area (Å²) in [6.45, 7) is 2.46. The lowest BCUT2D eigenvalue weighted by molar-refractivity contribution is 0.117. The third kappa shape index (κ3) is 3.82. The molecular weight excluding hydrogens is 350 g/mol. The van der Waals surface area contributed by atoms with Gasteiger partial charge in [-0.1, -0.05) is 42.0 Å². The molecule has 2 atom stereocenters. The fourth-order valence-electron chi connectivity index (χ4n) is 3.03. The Morgan fingerprint density at radius 1 is 1.12 bits per heavy atom. The highest BCUT2D eigenvalue weighted by Crippen LogP contribution is 2.29. The monoisotopic (exact) mass is 373 g/mol. The van der Waals surface area contributed by atoms with E-state index in [0.29, 0.717) is 12.3 Å². The van der Waals surface area contributed by atoms with E-state index in [0.717, 1.165) is 11.1 Å². The van der Waals surface area contributed by atoms with Crippen molar-refractivity contribution in [2.24, 2.45) is 5.92 Å². The largest absolute Gasteiger partial charge is 0.497 e. The third-order valence-electron chi connectivity index (χ3n) is 4.63. The number of nitrogens with zero attached hydrogens (tertiary/aromatic N) is 1. The Morgan fingerprint density at radius 3 is 2.38 bits per heavy atom. The van der Waals surface area contributed by atoms with Crippen molar-refractivity contribution in [3.05, 3.63) is 71.8 Å². The standard InChI is InChI=1S/C20H23NO4S/c1-15-5-11-19(12-6-15)26(23,24)21-13-3-4-17(14-21)20(22)16-7-9-18(25-2)10-8-16/h3-12,17,20,22H,13-14H2,1-2H3/t17-,20-/m0/s1. The molecule has 0 radical (unpaired) electrons. The molecule has 0 aliphatic carbocycles. The summed E-state index contributed by atoms with van der Waals surface area (Å²) in [5.41, 5.74) is 1.74. The van der Waals surface area contributed by atoms with E-state index in [9.17, 15) is 13.5 Å². The number of hydrogen-bond donors (Lipinski definition) is 1. The highest BCUT2D eigenvalue weighted by molar-refractivity contribution is 7.89. The predicted molar refractivity (Wildman–Crippen MR) is 101 cm³/mol. The van der Waals surface area contributed by atoms with Gasteiger partial charge in [-0.25, -0.2) is 8.42 Å². The van der Waals surface area contributed by atoms with Crippen LogP contribution in [0.5, 0.6) is 5.75 Å². The minimum atomic E-state index is -3.59. The quantitative estimate of drug-likeness (QED) is 0.819. The molecule has 1 aliphatic heterocycles. The molecule has 0 saturated heterocycles. The number of hydrogen-bond acceptors (Lipinski definition) is 4. The highest BCUT2D eigenvalue weighted by atomic mass is 32.2. The van der Waals surface area contributed by atoms with Crippen molar-refractivity contribution in [3.63, 3.8) is 0 Å². The Kier molecular flexibility index (Phi) is 5.46. The van der Waals surface area contributed by atoms with Crippen molar-refractivity contribution in [2.45, 2.75) is 17.9 Å². The van der Waals surface area contributed by atoms with E-state index in [1.165, 1.54) is 4.31 Å². The van der Waals surface area contributed by atoms with Crippen molar-refractivity contribution in [1.29, 1.82) is 0 Å². The van der Waals surface area contributed by atoms with Gasteiger partial charge in [0.15, 0.2) is 0 Å². The average molecular weight is 373 g/mol. The molecule has 2 aromatic rings. The second-order valence-corrected chi connectivity index (χ2v) is 8.38. The molecule has 0 saturated carbocycles. The number of benzene rings is 2. The molecule has 0 fully saturated rings. The summed E-state index contributed by atoms with van der Waals surface area (Å²) in [5.74, 6) is 0.404. The molecule has 0 bridgehead atoms. The van der Waals surface area contributed by atoms with Crippen molar-refractivity contribution >= 4 is 10.0 Å². The van der Waals surface area contributed by atoms with Crippen LogP contribution in [-0.4, -0.2) is 38.0 Å². The molecule has 0 unspecified atom stereocenters. The molecule has 0 spiro atoms. The van der Waals surface area contributed by atoms with Gasteiger partial charge in [-0.15, -0.1) is 0 Å². The van der Waals surface area contributed by atoms with Crippen molar-refractivity contribution in [3.8, 4) is 5.75 Å². The van der Waals surface area contributed by atoms with Crippen LogP contribution < -0.4 is 4.74 Å². The van der Waals surface area contributed by atoms with E-state index in [1.807, 2.05) is 13.0 Å². The first kappa shape index (κ1) is 18.6. The molecule has 6 heteroatoms. The maximum absolute atomic E-state index is 12.9. The number of ether oxygens (including phenoxy) is 1. The Balaban J connectivity index is 1.79. The molecule has 5 nitrogen and oxygen atoms in total. The van der Waals surface area contributed by atoms with E-state index in [4.69, 9.17) is 4.74 Å². The zero-order valence-corrected chi connectivity index (χ0v) is 15.7. The van der Waals surface area contributed by atoms with E-state index in [-0.39, 0.29) is 17.4 Å². The van der Waals surface area contributed by atoms with Gasteiger partial charge in [0, 0.05) is 19.0 Å². The number of aryl methyl sites for hydroxylation is 1. The van der Waals surface area contributed by atoms with Crippen LogP contribution in [0.1, 0.15) is 17.2 Å². The van der Waals surface area contributed by atoms with Crippen LogP contribution in [0.4, 0.5) is 0 Å². The van der Waals surface area contributed by atoms with Crippen molar-refractivity contribution < 1.29 is 18.3 Å². The van der Waals surface area contributed by atoms with Gasteiger partial charge in [0.05, 0.1) is 18.1 Å². The van der Waals surface area contributed by atoms with Crippen molar-refractivity contribution in [2.75, 3.05) is 20.2 Å². The summed E-state index contributed by atoms with van der Waals surface area (Å²) < 4.78 is 32.3. The first-order chi connectivity index (χ1) is 12.4. The van der Waals surface area contributed by atoms with Gasteiger partial charge >= 0.3 is 0 Å². The lowest BCUT2D eigenvalue weighted by Gasteiger charge is -2.31. The van der Waals surface area contributed by atoms with Gasteiger partial charge in [-0.05, 0) is 36.8 Å². The molecule has 138 valence electrons. The molecule has 1 N–H and O–H groups in total. The van der Waals surface area contributed by atoms with Crippen LogP contribution in [0.25, 0.3) is 0 Å². The molecule has 2 aromatic carbocycles. The fourth-order valence-corrected chi connectivity index (χ4v) is 4.46. The van der Waals surface area contributed by atoms with Gasteiger partial charge in [0.2, 0.25) is 10.0 Å². The maximum atomic E-state index is 12.9. The Labute approximate surface area is 154 Å². The van der Waals surface area contributed by atoms with Crippen LogP contribution in [0.15, 0.2) is 65.6 Å². The zero-order valence-electron chi connectivity index (χ0n) is 14.9. The van der Waals surface area contributed by atoms with Crippen LogP contribution in [0.3, 0.4) is 0 Å². The van der Waals surface area contributed by atoms with Gasteiger partial charge in [-0.2, -0.15) is 4.31 Å². The summed E-state index contributed by atoms with van der Waals surface area (Å²) in [7, 11) is -2.00. The van der Waals surface area contributed by atoms with Gasteiger partial charge < -0.3 is 9.84 Å². The molecule has 0 amide bonds. The van der Waals surface area contributed by atoms with E-state index in [2.05, 4.69) is 0 Å². The minimum Gasteiger partial charge on any atom is -0.497 e. The summed E-state index contributed by atoms with van der Waals surface area (Å²) in [4.78, 5) is 0.274. The first-order valence-electron chi connectivity index (χ1n) is 8.47. The van der Waals surface area contributed by atoms with Crippen molar-refractivity contribution in [1.82, 2.24) is 4.31 Å². The molecular formula is C20H23NO4S. The highest BCUT2D eigenvalue weighted by Gasteiger charge is 2.31. The van der Waals surface area contributed by atoms with Gasteiger partial charge in [0.1, 0.15) is 5.75 Å². The summed E-state index contributed by atoms with van der Waals surface area (Å²) >= 11 is 0. The summed E-state index contributed by atoms with van der Waals surface area (Å²) in [5, 5.41) is 10.7. The first-order valence-corrected chi connectivity index (χ1v) is 9.91. The van der Waals surface area contributed by atoms with E-state index >= 15 is 0 Å². The topological polar surface area (TPSA) is 66.8 Å². The number of aliphatic hydroxyl groups is 1. The number of rotatable bonds is 5. The maximum Gasteiger partial charge on any atom is 0.243 e. The minimum absolute atomic E-state index is 0.236. The summed E-state index contributed by atoms with van der Waals surface area (Å²) in [6.07, 6.45) is 2.90.